The molecule has 1 saturated heterocycles. The van der Waals surface area contributed by atoms with Gasteiger partial charge >= 0.3 is 0 Å². The van der Waals surface area contributed by atoms with Crippen LogP contribution in [0.1, 0.15) is 38.8 Å². The Morgan fingerprint density at radius 3 is 2.48 bits per heavy atom. The van der Waals surface area contributed by atoms with Crippen molar-refractivity contribution in [1.82, 2.24) is 10.2 Å². The molecule has 1 aromatic rings. The summed E-state index contributed by atoms with van der Waals surface area (Å²) in [6.07, 6.45) is 1.18. The van der Waals surface area contributed by atoms with Crippen LogP contribution in [0.4, 0.5) is 0 Å². The van der Waals surface area contributed by atoms with Gasteiger partial charge in [0, 0.05) is 37.2 Å². The minimum atomic E-state index is 0.235. The van der Waals surface area contributed by atoms with Crippen molar-refractivity contribution in [2.24, 2.45) is 5.41 Å². The van der Waals surface area contributed by atoms with Crippen LogP contribution in [0.3, 0.4) is 0 Å². The predicted molar refractivity (Wildman–Crippen MR) is 95.0 cm³/mol. The average molecular weight is 307 g/mol. The second-order valence-electron chi connectivity index (χ2n) is 6.67. The fourth-order valence-electron chi connectivity index (χ4n) is 3.21. The Bertz CT molecular complexity index is 399. The van der Waals surface area contributed by atoms with Crippen molar-refractivity contribution in [1.29, 1.82) is 0 Å². The lowest BCUT2D eigenvalue weighted by Gasteiger charge is -2.40. The van der Waals surface area contributed by atoms with Crippen molar-refractivity contribution in [3.8, 4) is 0 Å². The number of hydrogen-bond acceptors (Lipinski definition) is 3. The van der Waals surface area contributed by atoms with Crippen molar-refractivity contribution in [2.45, 2.75) is 33.2 Å². The topological polar surface area (TPSA) is 15.3 Å². The smallest absolute Gasteiger partial charge is 0.0384 e. The Labute approximate surface area is 134 Å². The van der Waals surface area contributed by atoms with E-state index in [1.807, 2.05) is 0 Å². The molecule has 1 aliphatic heterocycles. The third kappa shape index (κ3) is 5.01. The molecule has 118 valence electrons. The zero-order valence-corrected chi connectivity index (χ0v) is 14.6. The number of thioether (sulfide) groups is 1. The van der Waals surface area contributed by atoms with Crippen molar-refractivity contribution < 1.29 is 0 Å². The summed E-state index contributed by atoms with van der Waals surface area (Å²) in [5.41, 5.74) is 1.65. The number of benzene rings is 1. The summed E-state index contributed by atoms with van der Waals surface area (Å²) in [7, 11) is 0. The van der Waals surface area contributed by atoms with Gasteiger partial charge in [-0.05, 0) is 23.9 Å². The van der Waals surface area contributed by atoms with Gasteiger partial charge in [0.15, 0.2) is 0 Å². The molecule has 2 rings (SSSR count). The summed E-state index contributed by atoms with van der Waals surface area (Å²) >= 11 is 2.09. The Morgan fingerprint density at radius 2 is 1.86 bits per heavy atom. The highest BCUT2D eigenvalue weighted by atomic mass is 32.2. The Kier molecular flexibility index (Phi) is 6.59. The van der Waals surface area contributed by atoms with Gasteiger partial charge in [-0.1, -0.05) is 51.1 Å². The molecule has 1 N–H and O–H groups in total. The molecule has 1 heterocycles. The molecule has 0 aromatic heterocycles. The Hall–Kier alpha value is -0.510. The summed E-state index contributed by atoms with van der Waals surface area (Å²) in [5.74, 6) is 2.57. The first-order valence-electron chi connectivity index (χ1n) is 8.22. The summed E-state index contributed by atoms with van der Waals surface area (Å²) in [4.78, 5) is 2.64. The van der Waals surface area contributed by atoms with E-state index >= 15 is 0 Å². The molecule has 0 bridgehead atoms. The van der Waals surface area contributed by atoms with Crippen molar-refractivity contribution in [2.75, 3.05) is 37.7 Å². The van der Waals surface area contributed by atoms with Crippen LogP contribution in [0, 0.1) is 5.41 Å². The number of rotatable bonds is 7. The monoisotopic (exact) mass is 306 g/mol. The highest BCUT2D eigenvalue weighted by Crippen LogP contribution is 2.34. The van der Waals surface area contributed by atoms with E-state index in [9.17, 15) is 0 Å². The number of nitrogens with zero attached hydrogens (tertiary/aromatic N) is 1. The van der Waals surface area contributed by atoms with Gasteiger partial charge in [0.2, 0.25) is 0 Å². The predicted octanol–water partition coefficient (Wildman–Crippen LogP) is 3.80. The fourth-order valence-corrected chi connectivity index (χ4v) is 4.19. The van der Waals surface area contributed by atoms with Crippen LogP contribution >= 0.6 is 11.8 Å². The van der Waals surface area contributed by atoms with Gasteiger partial charge in [-0.2, -0.15) is 11.8 Å². The van der Waals surface area contributed by atoms with Crippen LogP contribution < -0.4 is 5.32 Å². The third-order valence-electron chi connectivity index (χ3n) is 4.25. The normalized spacial score (nSPS) is 18.6. The molecule has 1 unspecified atom stereocenters. The van der Waals surface area contributed by atoms with Crippen LogP contribution in [0.25, 0.3) is 0 Å². The third-order valence-corrected chi connectivity index (χ3v) is 5.19. The molecule has 1 atom stereocenters. The molecule has 21 heavy (non-hydrogen) atoms. The van der Waals surface area contributed by atoms with E-state index in [0.29, 0.717) is 6.04 Å². The van der Waals surface area contributed by atoms with Crippen LogP contribution in [-0.4, -0.2) is 42.6 Å². The summed E-state index contributed by atoms with van der Waals surface area (Å²) in [6, 6.07) is 11.4. The average Bonchev–Trinajstić information content (AvgIpc) is 2.49. The molecule has 1 aromatic carbocycles. The molecular weight excluding hydrogens is 276 g/mol. The minimum absolute atomic E-state index is 0.235. The number of nitrogens with one attached hydrogen (secondary N) is 1. The quantitative estimate of drug-likeness (QED) is 0.825. The minimum Gasteiger partial charge on any atom is -0.309 e. The largest absolute Gasteiger partial charge is 0.309 e. The molecule has 2 nitrogen and oxygen atoms in total. The van der Waals surface area contributed by atoms with Gasteiger partial charge < -0.3 is 10.2 Å². The second-order valence-corrected chi connectivity index (χ2v) is 7.90. The molecule has 0 saturated carbocycles. The standard InChI is InChI=1S/C18H30N2S/c1-4-10-19-17(16-8-6-5-7-9-16)18(2,3)15-20-11-13-21-14-12-20/h5-9,17,19H,4,10-15H2,1-3H3. The maximum atomic E-state index is 3.78. The SMILES string of the molecule is CCCNC(c1ccccc1)C(C)(C)CN1CCSCC1. The first kappa shape index (κ1) is 16.9. The fraction of sp³-hybridized carbons (Fsp3) is 0.667. The molecule has 3 heteroatoms. The molecule has 1 aliphatic rings. The van der Waals surface area contributed by atoms with Gasteiger partial charge in [0.1, 0.15) is 0 Å². The molecule has 1 fully saturated rings. The van der Waals surface area contributed by atoms with E-state index in [4.69, 9.17) is 0 Å². The van der Waals surface area contributed by atoms with E-state index < -0.39 is 0 Å². The number of hydrogen-bond donors (Lipinski definition) is 1. The zero-order chi connectivity index (χ0) is 15.1. The van der Waals surface area contributed by atoms with Crippen LogP contribution in [0.5, 0.6) is 0 Å². The molecule has 0 aliphatic carbocycles. The van der Waals surface area contributed by atoms with Gasteiger partial charge in [-0.25, -0.2) is 0 Å². The zero-order valence-electron chi connectivity index (χ0n) is 13.8. The van der Waals surface area contributed by atoms with E-state index in [1.54, 1.807) is 0 Å². The summed E-state index contributed by atoms with van der Waals surface area (Å²) in [5, 5.41) is 3.78. The van der Waals surface area contributed by atoms with Crippen LogP contribution in [0.2, 0.25) is 0 Å². The Balaban J connectivity index is 2.09. The highest BCUT2D eigenvalue weighted by Gasteiger charge is 2.32. The first-order valence-corrected chi connectivity index (χ1v) is 9.37. The second kappa shape index (κ2) is 8.21. The lowest BCUT2D eigenvalue weighted by atomic mass is 9.79. The van der Waals surface area contributed by atoms with Gasteiger partial charge in [0.25, 0.3) is 0 Å². The van der Waals surface area contributed by atoms with Gasteiger partial charge in [-0.3, -0.25) is 0 Å². The van der Waals surface area contributed by atoms with Gasteiger partial charge in [0.05, 0.1) is 0 Å². The molecule has 0 amide bonds. The lowest BCUT2D eigenvalue weighted by Crippen LogP contribution is -2.45. The molecule has 0 radical (unpaired) electrons. The Morgan fingerprint density at radius 1 is 1.19 bits per heavy atom. The van der Waals surface area contributed by atoms with E-state index in [2.05, 4.69) is 73.1 Å². The van der Waals surface area contributed by atoms with Gasteiger partial charge in [-0.15, -0.1) is 0 Å². The van der Waals surface area contributed by atoms with Crippen LogP contribution in [0.15, 0.2) is 30.3 Å². The molecular formula is C18H30N2S. The highest BCUT2D eigenvalue weighted by molar-refractivity contribution is 7.99. The van der Waals surface area contributed by atoms with E-state index in [-0.39, 0.29) is 5.41 Å². The lowest BCUT2D eigenvalue weighted by molar-refractivity contribution is 0.144. The van der Waals surface area contributed by atoms with E-state index in [0.717, 1.165) is 6.54 Å². The van der Waals surface area contributed by atoms with Crippen LogP contribution in [-0.2, 0) is 0 Å². The van der Waals surface area contributed by atoms with Crippen molar-refractivity contribution >= 4 is 11.8 Å². The van der Waals surface area contributed by atoms with E-state index in [1.165, 1.54) is 43.1 Å². The van der Waals surface area contributed by atoms with Crippen molar-refractivity contribution in [3.05, 3.63) is 35.9 Å². The first-order chi connectivity index (χ1) is 10.1. The summed E-state index contributed by atoms with van der Waals surface area (Å²) in [6.45, 7) is 11.8. The van der Waals surface area contributed by atoms with Crippen molar-refractivity contribution in [3.63, 3.8) is 0 Å². The maximum absolute atomic E-state index is 3.78. The maximum Gasteiger partial charge on any atom is 0.0384 e. The summed E-state index contributed by atoms with van der Waals surface area (Å²) < 4.78 is 0. The molecule has 0 spiro atoms.